The van der Waals surface area contributed by atoms with Crippen molar-refractivity contribution < 1.29 is 9.47 Å². The first-order chi connectivity index (χ1) is 7.79. The Morgan fingerprint density at radius 1 is 1.06 bits per heavy atom. The van der Waals surface area contributed by atoms with Crippen molar-refractivity contribution in [2.45, 2.75) is 20.0 Å². The second-order valence-electron chi connectivity index (χ2n) is 3.83. The average Bonchev–Trinajstić information content (AvgIpc) is 2.29. The number of ether oxygens (including phenoxy) is 2. The summed E-state index contributed by atoms with van der Waals surface area (Å²) in [4.78, 5) is 0. The van der Waals surface area contributed by atoms with E-state index in [0.29, 0.717) is 12.7 Å². The third-order valence-corrected chi connectivity index (χ3v) is 2.02. The van der Waals surface area contributed by atoms with Crippen LogP contribution in [0.1, 0.15) is 13.8 Å². The van der Waals surface area contributed by atoms with Crippen molar-refractivity contribution in [2.24, 2.45) is 0 Å². The molecule has 0 radical (unpaired) electrons. The molecule has 90 valence electrons. The van der Waals surface area contributed by atoms with Crippen molar-refractivity contribution in [3.05, 3.63) is 30.3 Å². The van der Waals surface area contributed by atoms with Crippen LogP contribution < -0.4 is 10.1 Å². The van der Waals surface area contributed by atoms with Gasteiger partial charge in [0.25, 0.3) is 0 Å². The van der Waals surface area contributed by atoms with Gasteiger partial charge in [-0.2, -0.15) is 0 Å². The van der Waals surface area contributed by atoms with Crippen LogP contribution in [0, 0.1) is 0 Å². The number of nitrogens with one attached hydrogen (secondary N) is 1. The molecule has 0 aliphatic rings. The molecular weight excluding hydrogens is 202 g/mol. The number of hydrogen-bond acceptors (Lipinski definition) is 3. The zero-order valence-electron chi connectivity index (χ0n) is 10.1. The second-order valence-corrected chi connectivity index (χ2v) is 3.83. The maximum atomic E-state index is 5.53. The summed E-state index contributed by atoms with van der Waals surface area (Å²) in [6.45, 7) is 7.23. The van der Waals surface area contributed by atoms with Crippen LogP contribution in [0.2, 0.25) is 0 Å². The smallest absolute Gasteiger partial charge is 0.119 e. The highest BCUT2D eigenvalue weighted by molar-refractivity contribution is 5.20. The van der Waals surface area contributed by atoms with Crippen molar-refractivity contribution in [1.29, 1.82) is 0 Å². The van der Waals surface area contributed by atoms with E-state index in [0.717, 1.165) is 25.4 Å². The van der Waals surface area contributed by atoms with Crippen LogP contribution in [0.25, 0.3) is 0 Å². The molecule has 1 rings (SSSR count). The zero-order chi connectivity index (χ0) is 11.6. The summed E-state index contributed by atoms with van der Waals surface area (Å²) in [5.41, 5.74) is 0. The standard InChI is InChI=1S/C13H21NO2/c1-12(2)15-10-8-14-9-11-16-13-6-4-3-5-7-13/h3-7,12,14H,8-11H2,1-2H3. The quantitative estimate of drug-likeness (QED) is 0.684. The van der Waals surface area contributed by atoms with Gasteiger partial charge in [0.15, 0.2) is 0 Å². The minimum Gasteiger partial charge on any atom is -0.492 e. The van der Waals surface area contributed by atoms with Crippen LogP contribution in [0.5, 0.6) is 5.75 Å². The third kappa shape index (κ3) is 6.43. The lowest BCUT2D eigenvalue weighted by molar-refractivity contribution is 0.0804. The van der Waals surface area contributed by atoms with E-state index in [9.17, 15) is 0 Å². The Labute approximate surface area is 97.8 Å². The van der Waals surface area contributed by atoms with E-state index in [1.165, 1.54) is 0 Å². The topological polar surface area (TPSA) is 30.5 Å². The minimum absolute atomic E-state index is 0.308. The zero-order valence-corrected chi connectivity index (χ0v) is 10.1. The monoisotopic (exact) mass is 223 g/mol. The van der Waals surface area contributed by atoms with E-state index in [-0.39, 0.29) is 0 Å². The number of para-hydroxylation sites is 1. The van der Waals surface area contributed by atoms with Gasteiger partial charge in [0.2, 0.25) is 0 Å². The largest absolute Gasteiger partial charge is 0.492 e. The lowest BCUT2D eigenvalue weighted by Gasteiger charge is -2.09. The fourth-order valence-corrected chi connectivity index (χ4v) is 1.25. The molecule has 0 aliphatic heterocycles. The lowest BCUT2D eigenvalue weighted by Crippen LogP contribution is -2.25. The van der Waals surface area contributed by atoms with Crippen molar-refractivity contribution >= 4 is 0 Å². The SMILES string of the molecule is CC(C)OCCNCCOc1ccccc1. The highest BCUT2D eigenvalue weighted by Gasteiger charge is 1.93. The van der Waals surface area contributed by atoms with E-state index in [4.69, 9.17) is 9.47 Å². The molecule has 0 fully saturated rings. The fourth-order valence-electron chi connectivity index (χ4n) is 1.25. The van der Waals surface area contributed by atoms with E-state index in [2.05, 4.69) is 5.32 Å². The molecule has 0 aliphatic carbocycles. The molecule has 0 heterocycles. The summed E-state index contributed by atoms with van der Waals surface area (Å²) in [5.74, 6) is 0.919. The molecule has 1 N–H and O–H groups in total. The lowest BCUT2D eigenvalue weighted by atomic mass is 10.3. The fraction of sp³-hybridized carbons (Fsp3) is 0.538. The first-order valence-electron chi connectivity index (χ1n) is 5.79. The van der Waals surface area contributed by atoms with Crippen LogP contribution in [0.3, 0.4) is 0 Å². The van der Waals surface area contributed by atoms with E-state index in [1.54, 1.807) is 0 Å². The summed E-state index contributed by atoms with van der Waals surface area (Å²) >= 11 is 0. The number of rotatable bonds is 8. The molecule has 0 saturated heterocycles. The van der Waals surface area contributed by atoms with Crippen LogP contribution in [0.4, 0.5) is 0 Å². The summed E-state index contributed by atoms with van der Waals surface area (Å²) in [6.07, 6.45) is 0.308. The highest BCUT2D eigenvalue weighted by atomic mass is 16.5. The van der Waals surface area contributed by atoms with Crippen molar-refractivity contribution in [3.8, 4) is 5.75 Å². The van der Waals surface area contributed by atoms with Crippen molar-refractivity contribution in [3.63, 3.8) is 0 Å². The molecule has 3 heteroatoms. The molecule has 0 aromatic heterocycles. The van der Waals surface area contributed by atoms with Gasteiger partial charge < -0.3 is 14.8 Å². The average molecular weight is 223 g/mol. The van der Waals surface area contributed by atoms with Gasteiger partial charge in [-0.25, -0.2) is 0 Å². The van der Waals surface area contributed by atoms with Gasteiger partial charge in [-0.1, -0.05) is 18.2 Å². The molecular formula is C13H21NO2. The Morgan fingerprint density at radius 2 is 1.75 bits per heavy atom. The van der Waals surface area contributed by atoms with Gasteiger partial charge in [-0.15, -0.1) is 0 Å². The Kier molecular flexibility index (Phi) is 6.61. The second kappa shape index (κ2) is 8.13. The maximum Gasteiger partial charge on any atom is 0.119 e. The van der Waals surface area contributed by atoms with E-state index < -0.39 is 0 Å². The molecule has 0 atom stereocenters. The molecule has 1 aromatic rings. The van der Waals surface area contributed by atoms with Gasteiger partial charge >= 0.3 is 0 Å². The number of benzene rings is 1. The normalized spacial score (nSPS) is 10.7. The third-order valence-electron chi connectivity index (χ3n) is 2.02. The van der Waals surface area contributed by atoms with Crippen molar-refractivity contribution in [2.75, 3.05) is 26.3 Å². The molecule has 0 saturated carbocycles. The van der Waals surface area contributed by atoms with Crippen LogP contribution in [-0.2, 0) is 4.74 Å². The Bertz CT molecular complexity index is 262. The van der Waals surface area contributed by atoms with Gasteiger partial charge in [-0.05, 0) is 26.0 Å². The predicted molar refractivity (Wildman–Crippen MR) is 65.9 cm³/mol. The van der Waals surface area contributed by atoms with Crippen LogP contribution in [0.15, 0.2) is 30.3 Å². The summed E-state index contributed by atoms with van der Waals surface area (Å²) < 4.78 is 10.9. The summed E-state index contributed by atoms with van der Waals surface area (Å²) in [5, 5.41) is 3.26. The number of hydrogen-bond donors (Lipinski definition) is 1. The van der Waals surface area contributed by atoms with Gasteiger partial charge in [0.05, 0.1) is 12.7 Å². The molecule has 0 amide bonds. The van der Waals surface area contributed by atoms with Crippen LogP contribution in [-0.4, -0.2) is 32.4 Å². The molecule has 1 aromatic carbocycles. The van der Waals surface area contributed by atoms with E-state index in [1.807, 2.05) is 44.2 Å². The highest BCUT2D eigenvalue weighted by Crippen LogP contribution is 2.07. The molecule has 0 bridgehead atoms. The Balaban J connectivity index is 1.93. The Morgan fingerprint density at radius 3 is 2.44 bits per heavy atom. The van der Waals surface area contributed by atoms with Gasteiger partial charge in [0, 0.05) is 13.1 Å². The summed E-state index contributed by atoms with van der Waals surface area (Å²) in [7, 11) is 0. The molecule has 3 nitrogen and oxygen atoms in total. The Hall–Kier alpha value is -1.06. The first-order valence-corrected chi connectivity index (χ1v) is 5.79. The molecule has 0 spiro atoms. The molecule has 0 unspecified atom stereocenters. The van der Waals surface area contributed by atoms with Crippen molar-refractivity contribution in [1.82, 2.24) is 5.32 Å². The van der Waals surface area contributed by atoms with Gasteiger partial charge in [-0.3, -0.25) is 0 Å². The first kappa shape index (κ1) is 13.0. The van der Waals surface area contributed by atoms with Crippen LogP contribution >= 0.6 is 0 Å². The summed E-state index contributed by atoms with van der Waals surface area (Å²) in [6, 6.07) is 9.84. The predicted octanol–water partition coefficient (Wildman–Crippen LogP) is 2.08. The van der Waals surface area contributed by atoms with E-state index >= 15 is 0 Å². The maximum absolute atomic E-state index is 5.53. The van der Waals surface area contributed by atoms with Gasteiger partial charge in [0.1, 0.15) is 12.4 Å². The minimum atomic E-state index is 0.308. The molecule has 16 heavy (non-hydrogen) atoms.